The number of phenolic OH excluding ortho intramolecular Hbond substituents is 1. The van der Waals surface area contributed by atoms with E-state index in [0.29, 0.717) is 22.4 Å². The molecule has 1 fully saturated rings. The fourth-order valence-electron chi connectivity index (χ4n) is 3.53. The number of nitrogen functional groups attached to an aromatic ring is 1. The second kappa shape index (κ2) is 9.63. The molecule has 0 radical (unpaired) electrons. The van der Waals surface area contributed by atoms with E-state index >= 15 is 0 Å². The maximum absolute atomic E-state index is 12.7. The summed E-state index contributed by atoms with van der Waals surface area (Å²) in [6.45, 7) is 5.29. The Morgan fingerprint density at radius 2 is 1.80 bits per heavy atom. The average Bonchev–Trinajstić information content (AvgIpc) is 3.20. The summed E-state index contributed by atoms with van der Waals surface area (Å²) in [6, 6.07) is 8.12. The number of aromatic hydroxyl groups is 1. The third-order valence-electron chi connectivity index (χ3n) is 5.21. The average molecular weight is 431 g/mol. The normalized spacial score (nSPS) is 12.9. The number of anilines is 1. The van der Waals surface area contributed by atoms with Crippen molar-refractivity contribution in [2.24, 2.45) is 5.73 Å². The lowest BCUT2D eigenvalue weighted by atomic mass is 10.0. The fourth-order valence-corrected chi connectivity index (χ4v) is 3.53. The van der Waals surface area contributed by atoms with E-state index in [-0.39, 0.29) is 42.2 Å². The van der Waals surface area contributed by atoms with Gasteiger partial charge in [-0.2, -0.15) is 0 Å². The highest BCUT2D eigenvalue weighted by Gasteiger charge is 2.22. The first kappa shape index (κ1) is 23.2. The van der Waals surface area contributed by atoms with Gasteiger partial charge >= 0.3 is 0 Å². The van der Waals surface area contributed by atoms with E-state index < -0.39 is 0 Å². The minimum atomic E-state index is -0.304. The van der Waals surface area contributed by atoms with Crippen LogP contribution in [0.1, 0.15) is 45.5 Å². The number of phenols is 1. The zero-order chi connectivity index (χ0) is 21.1. The Hall–Kier alpha value is -3.06. The first-order valence-electron chi connectivity index (χ1n) is 9.63. The first-order chi connectivity index (χ1) is 13.8. The molecule has 0 unspecified atom stereocenters. The summed E-state index contributed by atoms with van der Waals surface area (Å²) >= 11 is 0. The highest BCUT2D eigenvalue weighted by atomic mass is 35.5. The van der Waals surface area contributed by atoms with E-state index in [1.165, 1.54) is 18.2 Å². The Bertz CT molecular complexity index is 985. The molecule has 2 aromatic rings. The number of rotatable bonds is 5. The molecule has 0 atom stereocenters. The monoisotopic (exact) mass is 430 g/mol. The third-order valence-corrected chi connectivity index (χ3v) is 5.21. The van der Waals surface area contributed by atoms with Gasteiger partial charge in [0.15, 0.2) is 0 Å². The molecule has 1 heterocycles. The summed E-state index contributed by atoms with van der Waals surface area (Å²) in [5, 5.41) is 20.3. The van der Waals surface area contributed by atoms with Crippen LogP contribution in [0.2, 0.25) is 0 Å². The third kappa shape index (κ3) is 5.10. The van der Waals surface area contributed by atoms with Crippen LogP contribution < -0.4 is 11.1 Å². The molecule has 0 aliphatic carbocycles. The molecule has 8 heteroatoms. The Morgan fingerprint density at radius 3 is 2.43 bits per heavy atom. The van der Waals surface area contributed by atoms with Crippen LogP contribution in [0.25, 0.3) is 0 Å². The summed E-state index contributed by atoms with van der Waals surface area (Å²) in [7, 11) is 0. The summed E-state index contributed by atoms with van der Waals surface area (Å²) < 4.78 is 0. The SMILES string of the molecule is Cc1cc(C(=O)N2CCCC2)c(C)cc1NC(=O)Cc1cc(C(=N)N)ccc1O.Cl. The Balaban J connectivity index is 0.00000320. The topological polar surface area (TPSA) is 120 Å². The van der Waals surface area contributed by atoms with Gasteiger partial charge in [-0.25, -0.2) is 0 Å². The number of likely N-dealkylation sites (tertiary alicyclic amines) is 1. The second-order valence-electron chi connectivity index (χ2n) is 7.46. The number of carbonyl (C=O) groups is 2. The van der Waals surface area contributed by atoms with Gasteiger partial charge in [-0.3, -0.25) is 15.0 Å². The van der Waals surface area contributed by atoms with Crippen molar-refractivity contribution in [2.75, 3.05) is 18.4 Å². The summed E-state index contributed by atoms with van der Waals surface area (Å²) in [5.74, 6) is -0.421. The number of hydrogen-bond donors (Lipinski definition) is 4. The number of carbonyl (C=O) groups excluding carboxylic acids is 2. The Labute approximate surface area is 182 Å². The van der Waals surface area contributed by atoms with Crippen molar-refractivity contribution >= 4 is 35.7 Å². The number of benzene rings is 2. The zero-order valence-electron chi connectivity index (χ0n) is 17.1. The summed E-state index contributed by atoms with van der Waals surface area (Å²) in [6.07, 6.45) is 2.02. The molecule has 2 amide bonds. The molecule has 2 aromatic carbocycles. The van der Waals surface area contributed by atoms with Crippen LogP contribution in [-0.4, -0.2) is 40.7 Å². The quantitative estimate of drug-likeness (QED) is 0.430. The van der Waals surface area contributed by atoms with Crippen LogP contribution in [0.3, 0.4) is 0 Å². The number of aryl methyl sites for hydroxylation is 2. The molecule has 1 aliphatic rings. The van der Waals surface area contributed by atoms with Crippen molar-refractivity contribution in [3.05, 3.63) is 58.1 Å². The predicted octanol–water partition coefficient (Wildman–Crippen LogP) is 3.13. The Kier molecular flexibility index (Phi) is 7.45. The lowest BCUT2D eigenvalue weighted by molar-refractivity contribution is -0.115. The number of halogens is 1. The van der Waals surface area contributed by atoms with Crippen LogP contribution in [0.5, 0.6) is 5.75 Å². The summed E-state index contributed by atoms with van der Waals surface area (Å²) in [4.78, 5) is 27.1. The molecule has 0 saturated carbocycles. The molecule has 0 aromatic heterocycles. The molecule has 0 bridgehead atoms. The number of hydrogen-bond acceptors (Lipinski definition) is 4. The van der Waals surface area contributed by atoms with Crippen LogP contribution in [0.4, 0.5) is 5.69 Å². The standard InChI is InChI=1S/C22H26N4O3.ClH/c1-13-10-18(14(2)9-17(13)22(29)26-7-3-4-8-26)25-20(28)12-16-11-15(21(23)24)5-6-19(16)27;/h5-6,9-11,27H,3-4,7-8,12H2,1-2H3,(H3,23,24)(H,25,28);1H. The van der Waals surface area contributed by atoms with E-state index in [1.54, 1.807) is 0 Å². The fraction of sp³-hybridized carbons (Fsp3) is 0.318. The minimum absolute atomic E-state index is 0. The van der Waals surface area contributed by atoms with Gasteiger partial charge in [-0.1, -0.05) is 0 Å². The first-order valence-corrected chi connectivity index (χ1v) is 9.63. The van der Waals surface area contributed by atoms with Crippen molar-refractivity contribution < 1.29 is 14.7 Å². The van der Waals surface area contributed by atoms with Crippen molar-refractivity contribution in [3.8, 4) is 5.75 Å². The minimum Gasteiger partial charge on any atom is -0.508 e. The number of amides is 2. The molecule has 0 spiro atoms. The molecule has 1 saturated heterocycles. The maximum Gasteiger partial charge on any atom is 0.254 e. The number of nitrogens with two attached hydrogens (primary N) is 1. The van der Waals surface area contributed by atoms with Crippen LogP contribution in [0.15, 0.2) is 30.3 Å². The van der Waals surface area contributed by atoms with Crippen molar-refractivity contribution in [2.45, 2.75) is 33.1 Å². The van der Waals surface area contributed by atoms with E-state index in [1.807, 2.05) is 30.9 Å². The maximum atomic E-state index is 12.7. The zero-order valence-corrected chi connectivity index (χ0v) is 17.9. The van der Waals surface area contributed by atoms with E-state index in [2.05, 4.69) is 5.32 Å². The Morgan fingerprint density at radius 1 is 1.13 bits per heavy atom. The molecule has 3 rings (SSSR count). The smallest absolute Gasteiger partial charge is 0.254 e. The van der Waals surface area contributed by atoms with Crippen LogP contribution >= 0.6 is 12.4 Å². The van der Waals surface area contributed by atoms with Gasteiger partial charge in [0.1, 0.15) is 11.6 Å². The van der Waals surface area contributed by atoms with E-state index in [9.17, 15) is 14.7 Å². The summed E-state index contributed by atoms with van der Waals surface area (Å²) in [5.41, 5.74) is 9.22. The van der Waals surface area contributed by atoms with Gasteiger partial charge in [0.2, 0.25) is 5.91 Å². The van der Waals surface area contributed by atoms with Gasteiger partial charge in [-0.15, -0.1) is 12.4 Å². The van der Waals surface area contributed by atoms with Gasteiger partial charge in [0, 0.05) is 35.5 Å². The van der Waals surface area contributed by atoms with E-state index in [4.69, 9.17) is 11.1 Å². The highest BCUT2D eigenvalue weighted by molar-refractivity contribution is 5.99. The molecule has 5 N–H and O–H groups in total. The number of nitrogens with zero attached hydrogens (tertiary/aromatic N) is 1. The predicted molar refractivity (Wildman–Crippen MR) is 120 cm³/mol. The largest absolute Gasteiger partial charge is 0.508 e. The van der Waals surface area contributed by atoms with Crippen molar-refractivity contribution in [3.63, 3.8) is 0 Å². The molecule has 30 heavy (non-hydrogen) atoms. The van der Waals surface area contributed by atoms with E-state index in [0.717, 1.165) is 37.1 Å². The van der Waals surface area contributed by atoms with Crippen molar-refractivity contribution in [1.29, 1.82) is 5.41 Å². The van der Waals surface area contributed by atoms with Gasteiger partial charge in [0.05, 0.1) is 6.42 Å². The highest BCUT2D eigenvalue weighted by Crippen LogP contribution is 2.24. The second-order valence-corrected chi connectivity index (χ2v) is 7.46. The molecular weight excluding hydrogens is 404 g/mol. The van der Waals surface area contributed by atoms with Gasteiger partial charge in [0.25, 0.3) is 5.91 Å². The van der Waals surface area contributed by atoms with Crippen LogP contribution in [-0.2, 0) is 11.2 Å². The lowest BCUT2D eigenvalue weighted by Crippen LogP contribution is -2.28. The molecular formula is C22H27ClN4O3. The lowest BCUT2D eigenvalue weighted by Gasteiger charge is -2.18. The van der Waals surface area contributed by atoms with Gasteiger partial charge in [-0.05, 0) is 68.1 Å². The number of nitrogens with one attached hydrogen (secondary N) is 2. The van der Waals surface area contributed by atoms with Crippen LogP contribution in [0, 0.1) is 19.3 Å². The van der Waals surface area contributed by atoms with Gasteiger partial charge < -0.3 is 21.1 Å². The number of amidine groups is 1. The molecule has 1 aliphatic heterocycles. The van der Waals surface area contributed by atoms with Crippen molar-refractivity contribution in [1.82, 2.24) is 4.90 Å². The molecule has 160 valence electrons. The molecule has 7 nitrogen and oxygen atoms in total.